The number of nitrogens with two attached hydrogens (primary N) is 1. The van der Waals surface area contributed by atoms with Gasteiger partial charge in [-0.2, -0.15) is 0 Å². The minimum absolute atomic E-state index is 0.252. The molecule has 0 saturated carbocycles. The number of piperidine rings is 1. The smallest absolute Gasteiger partial charge is 0.253 e. The minimum Gasteiger partial charge on any atom is -0.320 e. The van der Waals surface area contributed by atoms with Gasteiger partial charge in [0.1, 0.15) is 0 Å². The summed E-state index contributed by atoms with van der Waals surface area (Å²) in [6.45, 7) is 3.54. The van der Waals surface area contributed by atoms with E-state index in [-0.39, 0.29) is 11.4 Å². The van der Waals surface area contributed by atoms with Crippen LogP contribution in [0.4, 0.5) is 0 Å². The Balaban J connectivity index is 2.25. The Bertz CT molecular complexity index is 653. The van der Waals surface area contributed by atoms with E-state index in [2.05, 4.69) is 16.7 Å². The average molecular weight is 307 g/mol. The summed E-state index contributed by atoms with van der Waals surface area (Å²) >= 11 is 0. The molecule has 0 unspecified atom stereocenters. The van der Waals surface area contributed by atoms with E-state index in [9.17, 15) is 8.42 Å². The second-order valence-corrected chi connectivity index (χ2v) is 6.76. The number of aryl methyl sites for hydroxylation is 1. The minimum atomic E-state index is -3.56. The molecule has 1 aromatic carbocycles. The van der Waals surface area contributed by atoms with Gasteiger partial charge in [0.25, 0.3) is 10.0 Å². The highest BCUT2D eigenvalue weighted by molar-refractivity contribution is 7.89. The Kier molecular flexibility index (Phi) is 5.37. The lowest BCUT2D eigenvalue weighted by molar-refractivity contribution is 0.200. The number of rotatable bonds is 3. The lowest BCUT2D eigenvalue weighted by Crippen LogP contribution is -2.45. The molecule has 2 rings (SSSR count). The molecule has 1 fully saturated rings. The number of nitrogens with one attached hydrogen (secondary N) is 1. The van der Waals surface area contributed by atoms with E-state index in [4.69, 9.17) is 5.73 Å². The quantitative estimate of drug-likeness (QED) is 0.817. The van der Waals surface area contributed by atoms with Crippen LogP contribution in [0, 0.1) is 18.8 Å². The lowest BCUT2D eigenvalue weighted by atomic mass is 10.1. The van der Waals surface area contributed by atoms with Crippen molar-refractivity contribution in [3.63, 3.8) is 0 Å². The van der Waals surface area contributed by atoms with Crippen molar-refractivity contribution in [2.75, 3.05) is 19.6 Å². The van der Waals surface area contributed by atoms with Gasteiger partial charge in [-0.1, -0.05) is 24.3 Å². The van der Waals surface area contributed by atoms with E-state index in [1.54, 1.807) is 30.1 Å². The Morgan fingerprint density at radius 2 is 2.00 bits per heavy atom. The molecule has 1 saturated heterocycles. The topological polar surface area (TPSA) is 75.4 Å². The number of hydrazine groups is 1. The molecule has 0 spiro atoms. The van der Waals surface area contributed by atoms with Gasteiger partial charge in [0.05, 0.1) is 11.4 Å². The standard InChI is InChI=1S/C15H21N3O2S/c1-13-7-8-14(6-5-9-16)12-15(13)21(19,20)17-18-10-3-2-4-11-18/h7-8,12,17H,2-4,9-11,16H2,1H3. The fourth-order valence-electron chi connectivity index (χ4n) is 2.32. The van der Waals surface area contributed by atoms with Crippen LogP contribution in [0.2, 0.25) is 0 Å². The van der Waals surface area contributed by atoms with Crippen LogP contribution in [-0.2, 0) is 10.0 Å². The summed E-state index contributed by atoms with van der Waals surface area (Å²) in [5, 5.41) is 1.77. The zero-order valence-corrected chi connectivity index (χ0v) is 13.0. The van der Waals surface area contributed by atoms with Gasteiger partial charge in [-0.3, -0.25) is 0 Å². The second kappa shape index (κ2) is 7.05. The molecule has 1 aliphatic heterocycles. The van der Waals surface area contributed by atoms with E-state index in [0.717, 1.165) is 32.4 Å². The summed E-state index contributed by atoms with van der Waals surface area (Å²) in [6.07, 6.45) is 3.19. The van der Waals surface area contributed by atoms with Crippen molar-refractivity contribution in [1.29, 1.82) is 0 Å². The van der Waals surface area contributed by atoms with Gasteiger partial charge < -0.3 is 5.73 Å². The summed E-state index contributed by atoms with van der Waals surface area (Å²) in [5.74, 6) is 5.60. The average Bonchev–Trinajstić information content (AvgIpc) is 2.47. The predicted molar refractivity (Wildman–Crippen MR) is 82.9 cm³/mol. The van der Waals surface area contributed by atoms with Crippen molar-refractivity contribution >= 4 is 10.0 Å². The molecule has 1 aliphatic rings. The maximum absolute atomic E-state index is 12.5. The monoisotopic (exact) mass is 307 g/mol. The molecule has 0 aromatic heterocycles. The molecule has 0 amide bonds. The molecule has 0 bridgehead atoms. The van der Waals surface area contributed by atoms with E-state index >= 15 is 0 Å². The van der Waals surface area contributed by atoms with Gasteiger partial charge in [0, 0.05) is 18.7 Å². The summed E-state index contributed by atoms with van der Waals surface area (Å²) in [7, 11) is -3.56. The fraction of sp³-hybridized carbons (Fsp3) is 0.467. The SMILES string of the molecule is Cc1ccc(C#CCN)cc1S(=O)(=O)NN1CCCCC1. The first-order valence-corrected chi connectivity index (χ1v) is 8.58. The van der Waals surface area contributed by atoms with Gasteiger partial charge in [-0.15, -0.1) is 4.83 Å². The van der Waals surface area contributed by atoms with Crippen molar-refractivity contribution in [1.82, 2.24) is 9.84 Å². The summed E-state index contributed by atoms with van der Waals surface area (Å²) in [4.78, 5) is 2.94. The summed E-state index contributed by atoms with van der Waals surface area (Å²) in [5.41, 5.74) is 6.71. The molecule has 114 valence electrons. The summed E-state index contributed by atoms with van der Waals surface area (Å²) < 4.78 is 25.0. The molecule has 5 nitrogen and oxygen atoms in total. The second-order valence-electron chi connectivity index (χ2n) is 5.13. The maximum atomic E-state index is 12.5. The first kappa shape index (κ1) is 16.0. The Hall–Kier alpha value is -1.39. The van der Waals surface area contributed by atoms with Crippen LogP contribution in [0.15, 0.2) is 23.1 Å². The highest BCUT2D eigenvalue weighted by Crippen LogP contribution is 2.18. The zero-order chi connectivity index (χ0) is 15.3. The summed E-state index contributed by atoms with van der Waals surface area (Å²) in [6, 6.07) is 5.17. The molecule has 0 radical (unpaired) electrons. The van der Waals surface area contributed by atoms with Crippen molar-refractivity contribution in [3.8, 4) is 11.8 Å². The molecular weight excluding hydrogens is 286 g/mol. The van der Waals surface area contributed by atoms with Crippen LogP contribution in [0.25, 0.3) is 0 Å². The van der Waals surface area contributed by atoms with Crippen molar-refractivity contribution in [3.05, 3.63) is 29.3 Å². The first-order valence-electron chi connectivity index (χ1n) is 7.10. The van der Waals surface area contributed by atoms with Gasteiger partial charge in [0.2, 0.25) is 0 Å². The number of hydrogen-bond donors (Lipinski definition) is 2. The van der Waals surface area contributed by atoms with Crippen molar-refractivity contribution < 1.29 is 8.42 Å². The van der Waals surface area contributed by atoms with Gasteiger partial charge in [-0.05, 0) is 37.5 Å². The molecule has 6 heteroatoms. The predicted octanol–water partition coefficient (Wildman–Crippen LogP) is 0.984. The molecular formula is C15H21N3O2S. The Morgan fingerprint density at radius 3 is 2.67 bits per heavy atom. The van der Waals surface area contributed by atoms with Crippen molar-refractivity contribution in [2.24, 2.45) is 5.73 Å². The van der Waals surface area contributed by atoms with Crippen LogP contribution in [0.5, 0.6) is 0 Å². The lowest BCUT2D eigenvalue weighted by Gasteiger charge is -2.26. The Labute approximate surface area is 126 Å². The first-order chi connectivity index (χ1) is 10.0. The number of sulfonamides is 1. The van der Waals surface area contributed by atoms with Gasteiger partial charge >= 0.3 is 0 Å². The zero-order valence-electron chi connectivity index (χ0n) is 12.2. The van der Waals surface area contributed by atoms with Crippen LogP contribution >= 0.6 is 0 Å². The molecule has 1 aromatic rings. The molecule has 0 atom stereocenters. The molecule has 1 heterocycles. The van der Waals surface area contributed by atoms with E-state index in [1.165, 1.54) is 0 Å². The van der Waals surface area contributed by atoms with E-state index in [1.807, 2.05) is 0 Å². The Morgan fingerprint density at radius 1 is 1.29 bits per heavy atom. The third-order valence-electron chi connectivity index (χ3n) is 3.42. The van der Waals surface area contributed by atoms with Crippen LogP contribution < -0.4 is 10.6 Å². The van der Waals surface area contributed by atoms with E-state index < -0.39 is 10.0 Å². The fourth-order valence-corrected chi connectivity index (χ4v) is 3.72. The van der Waals surface area contributed by atoms with Crippen LogP contribution in [-0.4, -0.2) is 33.1 Å². The van der Waals surface area contributed by atoms with Gasteiger partial charge in [-0.25, -0.2) is 13.4 Å². The van der Waals surface area contributed by atoms with E-state index in [0.29, 0.717) is 11.1 Å². The number of hydrogen-bond acceptors (Lipinski definition) is 4. The molecule has 0 aliphatic carbocycles. The largest absolute Gasteiger partial charge is 0.320 e. The third-order valence-corrected chi connectivity index (χ3v) is 4.94. The molecule has 21 heavy (non-hydrogen) atoms. The van der Waals surface area contributed by atoms with Crippen LogP contribution in [0.3, 0.4) is 0 Å². The highest BCUT2D eigenvalue weighted by Gasteiger charge is 2.21. The number of nitrogens with zero attached hydrogens (tertiary/aromatic N) is 1. The number of benzene rings is 1. The van der Waals surface area contributed by atoms with Gasteiger partial charge in [0.15, 0.2) is 0 Å². The highest BCUT2D eigenvalue weighted by atomic mass is 32.2. The third kappa shape index (κ3) is 4.29. The molecule has 3 N–H and O–H groups in total. The normalized spacial score (nSPS) is 16.3. The maximum Gasteiger partial charge on any atom is 0.253 e. The van der Waals surface area contributed by atoms with Crippen LogP contribution in [0.1, 0.15) is 30.4 Å². The van der Waals surface area contributed by atoms with Crippen molar-refractivity contribution in [2.45, 2.75) is 31.1 Å².